The molecule has 1 aliphatic heterocycles. The summed E-state index contributed by atoms with van der Waals surface area (Å²) >= 11 is 0. The van der Waals surface area contributed by atoms with E-state index in [0.29, 0.717) is 5.56 Å². The molecule has 92 valence electrons. The molecule has 17 heavy (non-hydrogen) atoms. The molecular weight excluding hydrogens is 216 g/mol. The Bertz CT molecular complexity index is 590. The normalized spacial score (nSPS) is 24.0. The van der Waals surface area contributed by atoms with Crippen molar-refractivity contribution >= 4 is 6.05 Å². The van der Waals surface area contributed by atoms with Crippen LogP contribution in [-0.2, 0) is 0 Å². The highest BCUT2D eigenvalue weighted by Crippen LogP contribution is 2.33. The fourth-order valence-corrected chi connectivity index (χ4v) is 1.23. The average Bonchev–Trinajstić information content (AvgIpc) is 2.67. The first kappa shape index (κ1) is 7.77. The van der Waals surface area contributed by atoms with Crippen molar-refractivity contribution in [2.75, 3.05) is 6.75 Å². The second-order valence-corrected chi connectivity index (χ2v) is 4.99. The Morgan fingerprint density at radius 3 is 2.82 bits per heavy atom. The third-order valence-corrected chi connectivity index (χ3v) is 2.42. The predicted molar refractivity (Wildman–Crippen MR) is 67.1 cm³/mol. The molecule has 1 atom stereocenters. The molecule has 0 fully saturated rings. The van der Waals surface area contributed by atoms with Crippen molar-refractivity contribution in [2.24, 2.45) is 5.41 Å². The number of rotatable bonds is 2. The molecule has 0 saturated carbocycles. The Hall–Kier alpha value is -1.48. The zero-order chi connectivity index (χ0) is 16.0. The van der Waals surface area contributed by atoms with E-state index in [1.807, 2.05) is 0 Å². The van der Waals surface area contributed by atoms with Crippen LogP contribution in [0.15, 0.2) is 24.3 Å². The van der Waals surface area contributed by atoms with E-state index in [0.717, 1.165) is 0 Å². The Kier molecular flexibility index (Phi) is 2.02. The second-order valence-electron chi connectivity index (χ2n) is 4.99. The SMILES string of the molecule is [2H]/C(=C(/[2H])C(O)C(C)(C)C)c1ccc2c(c1)OC([2H])([2H])O2. The second kappa shape index (κ2) is 4.41. The topological polar surface area (TPSA) is 38.7 Å². The summed E-state index contributed by atoms with van der Waals surface area (Å²) in [6.07, 6.45) is -1.07. The van der Waals surface area contributed by atoms with Crippen LogP contribution in [0.25, 0.3) is 6.05 Å². The molecule has 1 unspecified atom stereocenters. The largest absolute Gasteiger partial charge is 0.454 e. The molecule has 0 amide bonds. The van der Waals surface area contributed by atoms with Crippen molar-refractivity contribution in [2.45, 2.75) is 26.9 Å². The van der Waals surface area contributed by atoms with Crippen molar-refractivity contribution < 1.29 is 20.1 Å². The molecule has 3 nitrogen and oxygen atoms in total. The minimum absolute atomic E-state index is 0.128. The van der Waals surface area contributed by atoms with E-state index in [9.17, 15) is 5.11 Å². The molecule has 0 spiro atoms. The molecule has 1 aromatic carbocycles. The van der Waals surface area contributed by atoms with Gasteiger partial charge < -0.3 is 14.6 Å². The number of hydrogen-bond acceptors (Lipinski definition) is 3. The van der Waals surface area contributed by atoms with Gasteiger partial charge >= 0.3 is 0 Å². The van der Waals surface area contributed by atoms with Crippen LogP contribution < -0.4 is 9.47 Å². The highest BCUT2D eigenvalue weighted by molar-refractivity contribution is 5.56. The molecule has 2 rings (SSSR count). The third-order valence-electron chi connectivity index (χ3n) is 2.42. The van der Waals surface area contributed by atoms with Crippen LogP contribution in [0.2, 0.25) is 0 Å². The van der Waals surface area contributed by atoms with E-state index in [1.165, 1.54) is 18.2 Å². The van der Waals surface area contributed by atoms with Crippen molar-refractivity contribution in [3.63, 3.8) is 0 Å². The average molecular weight is 238 g/mol. The Morgan fingerprint density at radius 1 is 1.41 bits per heavy atom. The highest BCUT2D eigenvalue weighted by atomic mass is 16.7. The maximum atomic E-state index is 10.1. The number of aliphatic hydroxyl groups excluding tert-OH is 1. The number of benzene rings is 1. The Balaban J connectivity index is 2.36. The van der Waals surface area contributed by atoms with Crippen molar-refractivity contribution in [1.29, 1.82) is 0 Å². The molecule has 3 heteroatoms. The molecule has 0 aliphatic carbocycles. The fourth-order valence-electron chi connectivity index (χ4n) is 1.23. The van der Waals surface area contributed by atoms with E-state index in [2.05, 4.69) is 0 Å². The maximum Gasteiger partial charge on any atom is 0.231 e. The first-order chi connectivity index (χ1) is 9.51. The molecule has 0 saturated heterocycles. The number of ether oxygens (including phenoxy) is 2. The lowest BCUT2D eigenvalue weighted by Crippen LogP contribution is -2.23. The van der Waals surface area contributed by atoms with E-state index in [-0.39, 0.29) is 23.6 Å². The van der Waals surface area contributed by atoms with Gasteiger partial charge in [-0.05, 0) is 23.1 Å². The van der Waals surface area contributed by atoms with Gasteiger partial charge in [-0.2, -0.15) is 0 Å². The summed E-state index contributed by atoms with van der Waals surface area (Å²) in [5.74, 6) is 0.430. The van der Waals surface area contributed by atoms with Gasteiger partial charge in [-0.25, -0.2) is 0 Å². The summed E-state index contributed by atoms with van der Waals surface area (Å²) in [6, 6.07) is 4.14. The zero-order valence-electron chi connectivity index (χ0n) is 14.1. The minimum atomic E-state index is -2.22. The van der Waals surface area contributed by atoms with E-state index < -0.39 is 18.3 Å². The molecule has 0 bridgehead atoms. The molecule has 0 radical (unpaired) electrons. The van der Waals surface area contributed by atoms with Crippen LogP contribution in [0.3, 0.4) is 0 Å². The molecule has 1 heterocycles. The van der Waals surface area contributed by atoms with Crippen molar-refractivity contribution in [1.82, 2.24) is 0 Å². The lowest BCUT2D eigenvalue weighted by Gasteiger charge is -2.22. The third kappa shape index (κ3) is 2.80. The minimum Gasteiger partial charge on any atom is -0.454 e. The monoisotopic (exact) mass is 238 g/mol. The van der Waals surface area contributed by atoms with Crippen LogP contribution in [0.1, 0.15) is 31.8 Å². The molecule has 1 N–H and O–H groups in total. The number of fused-ring (bicyclic) bond motifs is 1. The summed E-state index contributed by atoms with van der Waals surface area (Å²) < 4.78 is 40.6. The number of aliphatic hydroxyl groups is 1. The first-order valence-corrected chi connectivity index (χ1v) is 5.39. The van der Waals surface area contributed by atoms with E-state index in [1.54, 1.807) is 20.8 Å². The quantitative estimate of drug-likeness (QED) is 0.861. The standard InChI is InChI=1S/C14H18O3/c1-14(2,3)13(15)7-5-10-4-6-11-12(8-10)17-9-16-11/h4-8,13,15H,9H2,1-3H3/b7-5+/i5D,7D,9D2. The van der Waals surface area contributed by atoms with Gasteiger partial charge in [0.2, 0.25) is 6.75 Å². The van der Waals surface area contributed by atoms with Crippen LogP contribution in [-0.4, -0.2) is 18.0 Å². The molecule has 1 aliphatic rings. The fraction of sp³-hybridized carbons (Fsp3) is 0.429. The lowest BCUT2D eigenvalue weighted by molar-refractivity contribution is 0.106. The number of hydrogen-bond donors (Lipinski definition) is 1. The van der Waals surface area contributed by atoms with Gasteiger partial charge in [0.05, 0.1) is 8.85 Å². The summed E-state index contributed by atoms with van der Waals surface area (Å²) in [6.45, 7) is 3.14. The summed E-state index contributed by atoms with van der Waals surface area (Å²) in [5.41, 5.74) is -0.180. The van der Waals surface area contributed by atoms with Gasteiger partial charge in [-0.1, -0.05) is 38.9 Å². The molecular formula is C14H18O3. The van der Waals surface area contributed by atoms with Gasteiger partial charge in [0.15, 0.2) is 11.5 Å². The lowest BCUT2D eigenvalue weighted by atomic mass is 9.89. The molecule has 1 aromatic rings. The summed E-state index contributed by atoms with van der Waals surface area (Å²) in [7, 11) is 0. The van der Waals surface area contributed by atoms with Gasteiger partial charge in [0.25, 0.3) is 0 Å². The predicted octanol–water partition coefficient (Wildman–Crippen LogP) is 2.84. The summed E-state index contributed by atoms with van der Waals surface area (Å²) in [4.78, 5) is 0. The maximum absolute atomic E-state index is 10.1. The van der Waals surface area contributed by atoms with Crippen LogP contribution in [0, 0.1) is 5.41 Å². The van der Waals surface area contributed by atoms with Crippen molar-refractivity contribution in [3.8, 4) is 11.5 Å². The van der Waals surface area contributed by atoms with Gasteiger partial charge in [-0.3, -0.25) is 0 Å². The van der Waals surface area contributed by atoms with Crippen LogP contribution >= 0.6 is 0 Å². The van der Waals surface area contributed by atoms with Gasteiger partial charge in [0.1, 0.15) is 2.74 Å². The van der Waals surface area contributed by atoms with Gasteiger partial charge in [0, 0.05) is 0 Å². The highest BCUT2D eigenvalue weighted by Gasteiger charge is 2.19. The Labute approximate surface area is 107 Å². The van der Waals surface area contributed by atoms with E-state index >= 15 is 0 Å². The summed E-state index contributed by atoms with van der Waals surface area (Å²) in [5, 5.41) is 10.1. The van der Waals surface area contributed by atoms with Crippen molar-refractivity contribution in [3.05, 3.63) is 29.8 Å². The first-order valence-electron chi connectivity index (χ1n) is 7.39. The van der Waals surface area contributed by atoms with Crippen LogP contribution in [0.5, 0.6) is 11.5 Å². The molecule has 0 aromatic heterocycles. The van der Waals surface area contributed by atoms with Crippen LogP contribution in [0.4, 0.5) is 0 Å². The van der Waals surface area contributed by atoms with E-state index in [4.69, 9.17) is 15.0 Å². The smallest absolute Gasteiger partial charge is 0.231 e. The zero-order valence-corrected chi connectivity index (χ0v) is 10.1. The Morgan fingerprint density at radius 2 is 2.12 bits per heavy atom. The van der Waals surface area contributed by atoms with Gasteiger partial charge in [-0.15, -0.1) is 0 Å².